The smallest absolute Gasteiger partial charge is 0.295 e. The molecule has 0 aliphatic rings. The zero-order valence-corrected chi connectivity index (χ0v) is 10.4. The number of carbonyl (C=O) groups is 1. The van der Waals surface area contributed by atoms with Gasteiger partial charge in [0, 0.05) is 23.4 Å². The standard InChI is InChI=1S/C12H11NO4S/c1-8(14)13-11-6-2-5-10-9(11)4-3-7-12(10)18(15,16)17/h2-7H,1H3,(H,13,14)(H,15,16,17). The largest absolute Gasteiger partial charge is 0.326 e. The van der Waals surface area contributed by atoms with Crippen LogP contribution in [0.5, 0.6) is 0 Å². The SMILES string of the molecule is CC(=O)Nc1cccc2c(S(=O)(=O)O)cccc12. The molecule has 2 aromatic rings. The van der Waals surface area contributed by atoms with Crippen LogP contribution in [0.2, 0.25) is 0 Å². The summed E-state index contributed by atoms with van der Waals surface area (Å²) in [6.07, 6.45) is 0. The van der Waals surface area contributed by atoms with Crippen molar-refractivity contribution in [2.24, 2.45) is 0 Å². The van der Waals surface area contributed by atoms with Crippen LogP contribution < -0.4 is 5.32 Å². The number of nitrogens with one attached hydrogen (secondary N) is 1. The van der Waals surface area contributed by atoms with Crippen molar-refractivity contribution in [3.05, 3.63) is 36.4 Å². The molecular weight excluding hydrogens is 254 g/mol. The first-order chi connectivity index (χ1) is 8.39. The molecule has 18 heavy (non-hydrogen) atoms. The highest BCUT2D eigenvalue weighted by Gasteiger charge is 2.14. The van der Waals surface area contributed by atoms with Crippen LogP contribution in [0.4, 0.5) is 5.69 Å². The second-order valence-electron chi connectivity index (χ2n) is 3.81. The summed E-state index contributed by atoms with van der Waals surface area (Å²) in [5.41, 5.74) is 0.505. The summed E-state index contributed by atoms with van der Waals surface area (Å²) in [7, 11) is -4.29. The number of fused-ring (bicyclic) bond motifs is 1. The van der Waals surface area contributed by atoms with E-state index in [4.69, 9.17) is 4.55 Å². The molecule has 0 aromatic heterocycles. The minimum Gasteiger partial charge on any atom is -0.326 e. The minimum absolute atomic E-state index is 0.174. The first-order valence-corrected chi connectivity index (χ1v) is 6.60. The molecule has 2 N–H and O–H groups in total. The van der Waals surface area contributed by atoms with Crippen molar-refractivity contribution in [3.8, 4) is 0 Å². The topological polar surface area (TPSA) is 83.5 Å². The van der Waals surface area contributed by atoms with Gasteiger partial charge in [0.2, 0.25) is 5.91 Å². The van der Waals surface area contributed by atoms with Crippen LogP contribution in [0, 0.1) is 0 Å². The molecule has 6 heteroatoms. The molecular formula is C12H11NO4S. The van der Waals surface area contributed by atoms with Gasteiger partial charge >= 0.3 is 0 Å². The molecule has 1 amide bonds. The zero-order valence-electron chi connectivity index (χ0n) is 9.54. The Morgan fingerprint density at radius 3 is 2.33 bits per heavy atom. The van der Waals surface area contributed by atoms with Crippen LogP contribution in [-0.4, -0.2) is 18.9 Å². The van der Waals surface area contributed by atoms with Crippen molar-refractivity contribution >= 4 is 32.5 Å². The fraction of sp³-hybridized carbons (Fsp3) is 0.0833. The Hall–Kier alpha value is -1.92. The van der Waals surface area contributed by atoms with Crippen molar-refractivity contribution in [3.63, 3.8) is 0 Å². The molecule has 2 rings (SSSR count). The van der Waals surface area contributed by atoms with Crippen molar-refractivity contribution in [2.45, 2.75) is 11.8 Å². The van der Waals surface area contributed by atoms with Gasteiger partial charge in [-0.25, -0.2) is 0 Å². The molecule has 0 fully saturated rings. The number of benzene rings is 2. The van der Waals surface area contributed by atoms with Gasteiger partial charge in [0.05, 0.1) is 0 Å². The van der Waals surface area contributed by atoms with Crippen molar-refractivity contribution in [1.29, 1.82) is 0 Å². The molecule has 5 nitrogen and oxygen atoms in total. The molecule has 0 spiro atoms. The lowest BCUT2D eigenvalue weighted by molar-refractivity contribution is -0.114. The lowest BCUT2D eigenvalue weighted by Gasteiger charge is -2.09. The Morgan fingerprint density at radius 2 is 1.72 bits per heavy atom. The monoisotopic (exact) mass is 265 g/mol. The maximum Gasteiger partial charge on any atom is 0.295 e. The molecule has 0 saturated carbocycles. The lowest BCUT2D eigenvalue weighted by Crippen LogP contribution is -2.06. The number of anilines is 1. The molecule has 94 valence electrons. The number of amides is 1. The van der Waals surface area contributed by atoms with E-state index in [1.54, 1.807) is 24.3 Å². The average molecular weight is 265 g/mol. The number of carbonyl (C=O) groups excluding carboxylic acids is 1. The van der Waals surface area contributed by atoms with Gasteiger partial charge in [-0.2, -0.15) is 8.42 Å². The summed E-state index contributed by atoms with van der Waals surface area (Å²) in [5.74, 6) is -0.250. The quantitative estimate of drug-likeness (QED) is 0.814. The molecule has 2 aromatic carbocycles. The van der Waals surface area contributed by atoms with Gasteiger partial charge in [0.1, 0.15) is 4.90 Å². The summed E-state index contributed by atoms with van der Waals surface area (Å²) >= 11 is 0. The van der Waals surface area contributed by atoms with Gasteiger partial charge in [-0.15, -0.1) is 0 Å². The predicted molar refractivity (Wildman–Crippen MR) is 68.1 cm³/mol. The molecule has 0 aliphatic heterocycles. The van der Waals surface area contributed by atoms with Gasteiger partial charge < -0.3 is 5.32 Å². The summed E-state index contributed by atoms with van der Waals surface area (Å²) in [6, 6.07) is 9.35. The van der Waals surface area contributed by atoms with Gasteiger partial charge in [-0.1, -0.05) is 24.3 Å². The summed E-state index contributed by atoms with van der Waals surface area (Å²) < 4.78 is 31.6. The van der Waals surface area contributed by atoms with E-state index in [0.29, 0.717) is 16.5 Å². The first kappa shape index (κ1) is 12.5. The lowest BCUT2D eigenvalue weighted by atomic mass is 10.1. The van der Waals surface area contributed by atoms with Crippen LogP contribution in [0.3, 0.4) is 0 Å². The third-order valence-corrected chi connectivity index (χ3v) is 3.38. The summed E-state index contributed by atoms with van der Waals surface area (Å²) in [5, 5.41) is 3.54. The molecule has 0 saturated heterocycles. The normalized spacial score (nSPS) is 11.4. The van der Waals surface area contributed by atoms with Crippen molar-refractivity contribution in [2.75, 3.05) is 5.32 Å². The Bertz CT molecular complexity index is 722. The number of hydrogen-bond acceptors (Lipinski definition) is 3. The van der Waals surface area contributed by atoms with E-state index >= 15 is 0 Å². The van der Waals surface area contributed by atoms with Crippen LogP contribution in [0.25, 0.3) is 10.8 Å². The summed E-state index contributed by atoms with van der Waals surface area (Å²) in [6.45, 7) is 1.37. The Labute approximate surface area is 104 Å². The molecule has 0 bridgehead atoms. The molecule has 0 aliphatic carbocycles. The minimum atomic E-state index is -4.29. The van der Waals surface area contributed by atoms with Gasteiger partial charge in [-0.05, 0) is 12.1 Å². The van der Waals surface area contributed by atoms with Gasteiger partial charge in [0.15, 0.2) is 0 Å². The number of rotatable bonds is 2. The summed E-state index contributed by atoms with van der Waals surface area (Å²) in [4.78, 5) is 10.9. The fourth-order valence-corrected chi connectivity index (χ4v) is 2.51. The van der Waals surface area contributed by atoms with E-state index in [2.05, 4.69) is 5.32 Å². The van der Waals surface area contributed by atoms with E-state index in [9.17, 15) is 13.2 Å². The Balaban J connectivity index is 2.77. The molecule has 0 atom stereocenters. The van der Waals surface area contributed by atoms with E-state index in [1.165, 1.54) is 19.1 Å². The maximum atomic E-state index is 11.2. The van der Waals surface area contributed by atoms with Crippen molar-refractivity contribution < 1.29 is 17.8 Å². The van der Waals surface area contributed by atoms with Crippen molar-refractivity contribution in [1.82, 2.24) is 0 Å². The second-order valence-corrected chi connectivity index (χ2v) is 5.20. The Morgan fingerprint density at radius 1 is 1.11 bits per heavy atom. The number of hydrogen-bond donors (Lipinski definition) is 2. The third-order valence-electron chi connectivity index (χ3n) is 2.47. The highest BCUT2D eigenvalue weighted by Crippen LogP contribution is 2.28. The molecule has 0 unspecified atom stereocenters. The van der Waals surface area contributed by atoms with E-state index in [1.807, 2.05) is 0 Å². The molecule has 0 heterocycles. The van der Waals surface area contributed by atoms with Gasteiger partial charge in [0.25, 0.3) is 10.1 Å². The van der Waals surface area contributed by atoms with E-state index < -0.39 is 10.1 Å². The second kappa shape index (κ2) is 4.40. The van der Waals surface area contributed by atoms with Crippen LogP contribution >= 0.6 is 0 Å². The van der Waals surface area contributed by atoms with Crippen LogP contribution in [0.15, 0.2) is 41.3 Å². The highest BCUT2D eigenvalue weighted by molar-refractivity contribution is 7.86. The van der Waals surface area contributed by atoms with E-state index in [-0.39, 0.29) is 10.8 Å². The Kier molecular flexibility index (Phi) is 3.06. The van der Waals surface area contributed by atoms with Crippen LogP contribution in [0.1, 0.15) is 6.92 Å². The van der Waals surface area contributed by atoms with Gasteiger partial charge in [-0.3, -0.25) is 9.35 Å². The van der Waals surface area contributed by atoms with Crippen LogP contribution in [-0.2, 0) is 14.9 Å². The maximum absolute atomic E-state index is 11.2. The average Bonchev–Trinajstić information content (AvgIpc) is 2.26. The third kappa shape index (κ3) is 2.34. The fourth-order valence-electron chi connectivity index (χ4n) is 1.80. The van der Waals surface area contributed by atoms with E-state index in [0.717, 1.165) is 0 Å². The highest BCUT2D eigenvalue weighted by atomic mass is 32.2. The predicted octanol–water partition coefficient (Wildman–Crippen LogP) is 2.04. The first-order valence-electron chi connectivity index (χ1n) is 5.16. The molecule has 0 radical (unpaired) electrons. The zero-order chi connectivity index (χ0) is 13.3.